The van der Waals surface area contributed by atoms with Gasteiger partial charge in [0.15, 0.2) is 0 Å². The lowest BCUT2D eigenvalue weighted by Crippen LogP contribution is -2.33. The van der Waals surface area contributed by atoms with Crippen molar-refractivity contribution < 1.29 is 4.79 Å². The van der Waals surface area contributed by atoms with Gasteiger partial charge in [0.05, 0.1) is 11.4 Å². The van der Waals surface area contributed by atoms with Gasteiger partial charge in [-0.25, -0.2) is 4.79 Å². The molecule has 0 aliphatic heterocycles. The van der Waals surface area contributed by atoms with Crippen LogP contribution in [0.4, 0.5) is 11.4 Å². The van der Waals surface area contributed by atoms with Gasteiger partial charge in [-0.1, -0.05) is 17.7 Å². The molecule has 0 saturated heterocycles. The van der Waals surface area contributed by atoms with Gasteiger partial charge in [0.1, 0.15) is 11.6 Å². The van der Waals surface area contributed by atoms with Crippen molar-refractivity contribution in [3.63, 3.8) is 0 Å². The zero-order chi connectivity index (χ0) is 15.6. The fourth-order valence-electron chi connectivity index (χ4n) is 1.74. The van der Waals surface area contributed by atoms with Crippen LogP contribution in [0.25, 0.3) is 0 Å². The average molecular weight is 309 g/mol. The molecular weight excluding hydrogens is 296 g/mol. The zero-order valence-corrected chi connectivity index (χ0v) is 11.9. The summed E-state index contributed by atoms with van der Waals surface area (Å²) in [6.07, 6.45) is 1.11. The van der Waals surface area contributed by atoms with Crippen molar-refractivity contribution in [2.75, 3.05) is 11.1 Å². The van der Waals surface area contributed by atoms with Gasteiger partial charge in [0.2, 0.25) is 5.91 Å². The van der Waals surface area contributed by atoms with Crippen molar-refractivity contribution in [2.24, 2.45) is 0 Å². The van der Waals surface area contributed by atoms with Gasteiger partial charge in [0.25, 0.3) is 5.56 Å². The molecule has 0 fully saturated rings. The SMILES string of the molecule is Cc1ccc(NC(=O)Cn2cc(Cl)c(=O)[nH]c2=O)c(N)c1. The number of hydrogen-bond donors (Lipinski definition) is 3. The predicted molar refractivity (Wildman–Crippen MR) is 80.6 cm³/mol. The summed E-state index contributed by atoms with van der Waals surface area (Å²) in [6.45, 7) is 1.59. The van der Waals surface area contributed by atoms with Gasteiger partial charge in [-0.05, 0) is 24.6 Å². The molecule has 1 amide bonds. The molecule has 0 bridgehead atoms. The summed E-state index contributed by atoms with van der Waals surface area (Å²) in [5.41, 5.74) is 6.23. The van der Waals surface area contributed by atoms with Crippen LogP contribution in [-0.4, -0.2) is 15.5 Å². The van der Waals surface area contributed by atoms with E-state index in [1.165, 1.54) is 0 Å². The number of amides is 1. The molecule has 21 heavy (non-hydrogen) atoms. The normalized spacial score (nSPS) is 10.4. The molecule has 0 aliphatic rings. The molecule has 0 unspecified atom stereocenters. The Bertz CT molecular complexity index is 810. The first-order valence-electron chi connectivity index (χ1n) is 6.02. The van der Waals surface area contributed by atoms with Crippen LogP contribution in [0.3, 0.4) is 0 Å². The van der Waals surface area contributed by atoms with Crippen LogP contribution < -0.4 is 22.3 Å². The predicted octanol–water partition coefficient (Wildman–Crippen LogP) is 0.719. The highest BCUT2D eigenvalue weighted by atomic mass is 35.5. The van der Waals surface area contributed by atoms with Crippen molar-refractivity contribution in [3.05, 3.63) is 55.8 Å². The molecule has 2 aromatic rings. The lowest BCUT2D eigenvalue weighted by Gasteiger charge is -2.10. The number of aromatic nitrogens is 2. The highest BCUT2D eigenvalue weighted by molar-refractivity contribution is 6.30. The maximum Gasteiger partial charge on any atom is 0.328 e. The zero-order valence-electron chi connectivity index (χ0n) is 11.1. The molecule has 1 heterocycles. The Morgan fingerprint density at radius 2 is 2.14 bits per heavy atom. The Morgan fingerprint density at radius 3 is 2.81 bits per heavy atom. The fourth-order valence-corrected chi connectivity index (χ4v) is 1.91. The minimum atomic E-state index is -0.712. The van der Waals surface area contributed by atoms with E-state index in [0.29, 0.717) is 11.4 Å². The third-order valence-corrected chi connectivity index (χ3v) is 3.03. The monoisotopic (exact) mass is 308 g/mol. The second kappa shape index (κ2) is 5.84. The number of hydrogen-bond acceptors (Lipinski definition) is 4. The van der Waals surface area contributed by atoms with E-state index in [-0.39, 0.29) is 11.6 Å². The second-order valence-corrected chi connectivity index (χ2v) is 4.91. The summed E-state index contributed by atoms with van der Waals surface area (Å²) in [5, 5.41) is 2.42. The fraction of sp³-hybridized carbons (Fsp3) is 0.154. The number of nitrogens with two attached hydrogens (primary N) is 1. The standard InChI is InChI=1S/C13H13ClN4O3/c1-7-2-3-10(9(15)4-7)16-11(19)6-18-5-8(14)12(20)17-13(18)21/h2-5H,6,15H2,1H3,(H,16,19)(H,17,20,21). The smallest absolute Gasteiger partial charge is 0.328 e. The van der Waals surface area contributed by atoms with Crippen LogP contribution in [0.5, 0.6) is 0 Å². The van der Waals surface area contributed by atoms with E-state index < -0.39 is 17.2 Å². The molecule has 1 aromatic carbocycles. The summed E-state index contributed by atoms with van der Waals surface area (Å²) in [5.74, 6) is -0.462. The van der Waals surface area contributed by atoms with Crippen molar-refractivity contribution in [1.82, 2.24) is 9.55 Å². The molecule has 0 saturated carbocycles. The van der Waals surface area contributed by atoms with Crippen molar-refractivity contribution in [2.45, 2.75) is 13.5 Å². The number of anilines is 2. The average Bonchev–Trinajstić information content (AvgIpc) is 2.39. The number of halogens is 1. The van der Waals surface area contributed by atoms with Gasteiger partial charge in [-0.3, -0.25) is 19.1 Å². The molecule has 0 atom stereocenters. The summed E-state index contributed by atoms with van der Waals surface area (Å²) in [6, 6.07) is 5.19. The highest BCUT2D eigenvalue weighted by Crippen LogP contribution is 2.19. The van der Waals surface area contributed by atoms with Gasteiger partial charge in [0, 0.05) is 6.20 Å². The van der Waals surface area contributed by atoms with Crippen LogP contribution >= 0.6 is 11.6 Å². The van der Waals surface area contributed by atoms with E-state index >= 15 is 0 Å². The van der Waals surface area contributed by atoms with E-state index in [4.69, 9.17) is 17.3 Å². The molecule has 7 nitrogen and oxygen atoms in total. The summed E-state index contributed by atoms with van der Waals surface area (Å²) >= 11 is 5.62. The second-order valence-electron chi connectivity index (χ2n) is 4.50. The highest BCUT2D eigenvalue weighted by Gasteiger charge is 2.09. The Kier molecular flexibility index (Phi) is 4.13. The van der Waals surface area contributed by atoms with E-state index in [0.717, 1.165) is 16.3 Å². The van der Waals surface area contributed by atoms with E-state index in [2.05, 4.69) is 5.32 Å². The molecule has 8 heteroatoms. The number of benzene rings is 1. The number of aromatic amines is 1. The number of aryl methyl sites for hydroxylation is 1. The van der Waals surface area contributed by atoms with Gasteiger partial charge >= 0.3 is 5.69 Å². The third-order valence-electron chi connectivity index (χ3n) is 2.76. The summed E-state index contributed by atoms with van der Waals surface area (Å²) < 4.78 is 1.00. The number of nitrogens with zero attached hydrogens (tertiary/aromatic N) is 1. The van der Waals surface area contributed by atoms with E-state index in [9.17, 15) is 14.4 Å². The lowest BCUT2D eigenvalue weighted by atomic mass is 10.2. The Morgan fingerprint density at radius 1 is 1.43 bits per heavy atom. The Balaban J connectivity index is 2.17. The molecule has 2 rings (SSSR count). The van der Waals surface area contributed by atoms with Crippen molar-refractivity contribution in [1.29, 1.82) is 0 Å². The first-order valence-corrected chi connectivity index (χ1v) is 6.40. The quantitative estimate of drug-likeness (QED) is 0.726. The molecular formula is C13H13ClN4O3. The van der Waals surface area contributed by atoms with Gasteiger partial charge < -0.3 is 11.1 Å². The van der Waals surface area contributed by atoms with Crippen molar-refractivity contribution >= 4 is 28.9 Å². The third kappa shape index (κ3) is 3.51. The van der Waals surface area contributed by atoms with Gasteiger partial charge in [-0.2, -0.15) is 0 Å². The maximum atomic E-state index is 11.9. The number of nitrogens with one attached hydrogen (secondary N) is 2. The Labute approximate surface area is 124 Å². The van der Waals surface area contributed by atoms with Crippen molar-refractivity contribution in [3.8, 4) is 0 Å². The number of carbonyl (C=O) groups is 1. The topological polar surface area (TPSA) is 110 Å². The number of rotatable bonds is 3. The molecule has 0 radical (unpaired) electrons. The number of carbonyl (C=O) groups excluding carboxylic acids is 1. The molecule has 0 spiro atoms. The van der Waals surface area contributed by atoms with Crippen LogP contribution in [0.2, 0.25) is 5.02 Å². The van der Waals surface area contributed by atoms with Crippen LogP contribution in [0, 0.1) is 6.92 Å². The minimum Gasteiger partial charge on any atom is -0.397 e. The van der Waals surface area contributed by atoms with E-state index in [1.54, 1.807) is 18.2 Å². The van der Waals surface area contributed by atoms with Crippen LogP contribution in [-0.2, 0) is 11.3 Å². The summed E-state index contributed by atoms with van der Waals surface area (Å²) in [7, 11) is 0. The molecule has 110 valence electrons. The lowest BCUT2D eigenvalue weighted by molar-refractivity contribution is -0.116. The van der Waals surface area contributed by atoms with Gasteiger partial charge in [-0.15, -0.1) is 0 Å². The van der Waals surface area contributed by atoms with Crippen LogP contribution in [0.15, 0.2) is 34.0 Å². The Hall–Kier alpha value is -2.54. The molecule has 1 aromatic heterocycles. The number of H-pyrrole nitrogens is 1. The summed E-state index contributed by atoms with van der Waals surface area (Å²) in [4.78, 5) is 36.6. The molecule has 4 N–H and O–H groups in total. The first kappa shape index (κ1) is 14.9. The minimum absolute atomic E-state index is 0.169. The largest absolute Gasteiger partial charge is 0.397 e. The van der Waals surface area contributed by atoms with Crippen LogP contribution in [0.1, 0.15) is 5.56 Å². The number of nitrogen functional groups attached to an aromatic ring is 1. The molecule has 0 aliphatic carbocycles. The van der Waals surface area contributed by atoms with E-state index in [1.807, 2.05) is 11.9 Å². The maximum absolute atomic E-state index is 11.9. The first-order chi connectivity index (χ1) is 9.86.